The van der Waals surface area contributed by atoms with E-state index in [9.17, 15) is 17.6 Å². The SMILES string of the molecule is COc1ccccc1-c1nc2c(C(=O)NC3CC4CCCC(C3)N4S(C)(=O)=O)cc(F)cc2o1. The summed E-state index contributed by atoms with van der Waals surface area (Å²) in [6.07, 6.45) is 4.80. The molecule has 180 valence electrons. The van der Waals surface area contributed by atoms with Gasteiger partial charge in [-0.2, -0.15) is 4.31 Å². The second-order valence-electron chi connectivity index (χ2n) is 8.99. The number of fused-ring (bicyclic) bond motifs is 3. The van der Waals surface area contributed by atoms with E-state index in [0.717, 1.165) is 25.3 Å². The van der Waals surface area contributed by atoms with Gasteiger partial charge in [0, 0.05) is 24.2 Å². The first-order chi connectivity index (χ1) is 16.2. The fourth-order valence-corrected chi connectivity index (χ4v) is 6.83. The molecular weight excluding hydrogens is 461 g/mol. The molecule has 2 bridgehead atoms. The van der Waals surface area contributed by atoms with Gasteiger partial charge in [0.2, 0.25) is 15.9 Å². The zero-order chi connectivity index (χ0) is 24.0. The standard InChI is InChI=1S/C24H26FN3O5S/c1-32-20-9-4-3-8-18(20)24-27-22-19(10-14(25)11-21(22)33-24)23(29)26-15-12-16-6-5-7-17(13-15)28(16)34(2,30)31/h3-4,8-11,15-17H,5-7,12-13H2,1-2H3,(H,26,29). The third-order valence-corrected chi connectivity index (χ3v) is 8.03. The first-order valence-electron chi connectivity index (χ1n) is 11.3. The van der Waals surface area contributed by atoms with Crippen LogP contribution in [0.25, 0.3) is 22.6 Å². The fourth-order valence-electron chi connectivity index (χ4n) is 5.37. The van der Waals surface area contributed by atoms with Crippen molar-refractivity contribution in [3.05, 3.63) is 47.8 Å². The number of amides is 1. The molecule has 3 aromatic rings. The summed E-state index contributed by atoms with van der Waals surface area (Å²) in [4.78, 5) is 17.7. The van der Waals surface area contributed by atoms with Crippen molar-refractivity contribution >= 4 is 27.0 Å². The number of ether oxygens (including phenoxy) is 1. The Morgan fingerprint density at radius 3 is 2.59 bits per heavy atom. The van der Waals surface area contributed by atoms with Gasteiger partial charge in [-0.15, -0.1) is 0 Å². The van der Waals surface area contributed by atoms with Crippen LogP contribution >= 0.6 is 0 Å². The van der Waals surface area contributed by atoms with Gasteiger partial charge in [0.05, 0.1) is 24.5 Å². The van der Waals surface area contributed by atoms with Crippen molar-refractivity contribution in [3.63, 3.8) is 0 Å². The van der Waals surface area contributed by atoms with Crippen LogP contribution in [0.2, 0.25) is 0 Å². The quantitative estimate of drug-likeness (QED) is 0.589. The smallest absolute Gasteiger partial charge is 0.253 e. The van der Waals surface area contributed by atoms with Crippen LogP contribution in [0.3, 0.4) is 0 Å². The lowest BCUT2D eigenvalue weighted by atomic mass is 9.84. The minimum absolute atomic E-state index is 0.0793. The van der Waals surface area contributed by atoms with Gasteiger partial charge in [-0.05, 0) is 43.9 Å². The van der Waals surface area contributed by atoms with E-state index >= 15 is 0 Å². The van der Waals surface area contributed by atoms with Crippen LogP contribution in [0.4, 0.5) is 4.39 Å². The molecule has 1 N–H and O–H groups in total. The number of methoxy groups -OCH3 is 1. The molecule has 0 saturated carbocycles. The molecule has 34 heavy (non-hydrogen) atoms. The van der Waals surface area contributed by atoms with Gasteiger partial charge in [0.25, 0.3) is 5.91 Å². The summed E-state index contributed by atoms with van der Waals surface area (Å²) in [6.45, 7) is 0. The van der Waals surface area contributed by atoms with Crippen molar-refractivity contribution in [1.82, 2.24) is 14.6 Å². The zero-order valence-electron chi connectivity index (χ0n) is 19.0. The average Bonchev–Trinajstić information content (AvgIpc) is 3.20. The third-order valence-electron chi connectivity index (χ3n) is 6.67. The normalized spacial score (nSPS) is 23.1. The first kappa shape index (κ1) is 22.8. The topological polar surface area (TPSA) is 102 Å². The number of nitrogens with one attached hydrogen (secondary N) is 1. The van der Waals surface area contributed by atoms with E-state index in [1.165, 1.54) is 19.4 Å². The minimum Gasteiger partial charge on any atom is -0.496 e. The minimum atomic E-state index is -3.31. The zero-order valence-corrected chi connectivity index (χ0v) is 19.8. The van der Waals surface area contributed by atoms with Crippen LogP contribution in [-0.4, -0.2) is 55.1 Å². The summed E-state index contributed by atoms with van der Waals surface area (Å²) in [5.41, 5.74) is 1.09. The molecule has 5 rings (SSSR count). The number of rotatable bonds is 5. The lowest BCUT2D eigenvalue weighted by Crippen LogP contribution is -2.58. The number of carbonyl (C=O) groups excluding carboxylic acids is 1. The van der Waals surface area contributed by atoms with Gasteiger partial charge < -0.3 is 14.5 Å². The lowest BCUT2D eigenvalue weighted by molar-refractivity contribution is 0.0800. The first-order valence-corrected chi connectivity index (χ1v) is 13.1. The van der Waals surface area contributed by atoms with Crippen molar-refractivity contribution in [2.45, 2.75) is 50.2 Å². The van der Waals surface area contributed by atoms with Crippen LogP contribution in [0, 0.1) is 5.82 Å². The predicted molar refractivity (Wildman–Crippen MR) is 125 cm³/mol. The van der Waals surface area contributed by atoms with Crippen molar-refractivity contribution < 1.29 is 26.8 Å². The second-order valence-corrected chi connectivity index (χ2v) is 10.9. The number of halogens is 1. The molecule has 1 aromatic heterocycles. The maximum atomic E-state index is 14.4. The number of benzene rings is 2. The maximum Gasteiger partial charge on any atom is 0.253 e. The van der Waals surface area contributed by atoms with Crippen LogP contribution in [0.5, 0.6) is 5.75 Å². The number of hydrogen-bond acceptors (Lipinski definition) is 6. The van der Waals surface area contributed by atoms with Crippen LogP contribution in [-0.2, 0) is 10.0 Å². The van der Waals surface area contributed by atoms with Crippen molar-refractivity contribution in [2.75, 3.05) is 13.4 Å². The Kier molecular flexibility index (Phi) is 5.81. The average molecular weight is 488 g/mol. The van der Waals surface area contributed by atoms with Gasteiger partial charge in [-0.3, -0.25) is 4.79 Å². The number of carbonyl (C=O) groups is 1. The molecule has 2 aromatic carbocycles. The van der Waals surface area contributed by atoms with Gasteiger partial charge in [0.15, 0.2) is 5.58 Å². The monoisotopic (exact) mass is 487 g/mol. The summed E-state index contributed by atoms with van der Waals surface area (Å²) < 4.78 is 51.7. The molecule has 2 fully saturated rings. The summed E-state index contributed by atoms with van der Waals surface area (Å²) in [5.74, 6) is -0.294. The van der Waals surface area contributed by atoms with E-state index < -0.39 is 21.7 Å². The maximum absolute atomic E-state index is 14.4. The Hall–Kier alpha value is -2.98. The number of oxazole rings is 1. The van der Waals surface area contributed by atoms with Gasteiger partial charge >= 0.3 is 0 Å². The molecule has 0 spiro atoms. The third kappa shape index (κ3) is 4.16. The molecule has 2 atom stereocenters. The highest BCUT2D eigenvalue weighted by Crippen LogP contribution is 2.36. The molecule has 3 heterocycles. The Balaban J connectivity index is 1.43. The Morgan fingerprint density at radius 1 is 1.21 bits per heavy atom. The highest BCUT2D eigenvalue weighted by molar-refractivity contribution is 7.88. The second kappa shape index (κ2) is 8.66. The summed E-state index contributed by atoms with van der Waals surface area (Å²) >= 11 is 0. The van der Waals surface area contributed by atoms with Gasteiger partial charge in [-0.1, -0.05) is 18.6 Å². The Morgan fingerprint density at radius 2 is 1.91 bits per heavy atom. The van der Waals surface area contributed by atoms with Crippen LogP contribution in [0.15, 0.2) is 40.8 Å². The van der Waals surface area contributed by atoms with E-state index in [1.54, 1.807) is 22.5 Å². The molecule has 1 amide bonds. The van der Waals surface area contributed by atoms with Crippen molar-refractivity contribution in [2.24, 2.45) is 0 Å². The number of nitrogens with zero attached hydrogens (tertiary/aromatic N) is 2. The number of hydrogen-bond donors (Lipinski definition) is 1. The van der Waals surface area contributed by atoms with Crippen molar-refractivity contribution in [1.29, 1.82) is 0 Å². The summed E-state index contributed by atoms with van der Waals surface area (Å²) in [5, 5.41) is 2.99. The van der Waals surface area contributed by atoms with E-state index in [4.69, 9.17) is 9.15 Å². The van der Waals surface area contributed by atoms with E-state index in [-0.39, 0.29) is 40.7 Å². The molecule has 2 saturated heterocycles. The van der Waals surface area contributed by atoms with Crippen molar-refractivity contribution in [3.8, 4) is 17.2 Å². The predicted octanol–water partition coefficient (Wildman–Crippen LogP) is 3.72. The highest BCUT2D eigenvalue weighted by Gasteiger charge is 2.43. The number of sulfonamides is 1. The van der Waals surface area contributed by atoms with Gasteiger partial charge in [0.1, 0.15) is 17.1 Å². The Bertz CT molecular complexity index is 1340. The number of aromatic nitrogens is 1. The molecule has 2 unspecified atom stereocenters. The molecule has 0 radical (unpaired) electrons. The molecule has 8 nitrogen and oxygen atoms in total. The lowest BCUT2D eigenvalue weighted by Gasteiger charge is -2.47. The molecular formula is C24H26FN3O5S. The van der Waals surface area contributed by atoms with Crippen LogP contribution in [0.1, 0.15) is 42.5 Å². The van der Waals surface area contributed by atoms with E-state index in [0.29, 0.717) is 24.2 Å². The van der Waals surface area contributed by atoms with Gasteiger partial charge in [-0.25, -0.2) is 17.8 Å². The number of para-hydroxylation sites is 1. The largest absolute Gasteiger partial charge is 0.496 e. The molecule has 2 aliphatic heterocycles. The fraction of sp³-hybridized carbons (Fsp3) is 0.417. The highest BCUT2D eigenvalue weighted by atomic mass is 32.2. The Labute approximate surface area is 197 Å². The molecule has 10 heteroatoms. The summed E-state index contributed by atoms with van der Waals surface area (Å²) in [7, 11) is -1.78. The van der Waals surface area contributed by atoms with Crippen LogP contribution < -0.4 is 10.1 Å². The molecule has 0 aliphatic carbocycles. The van der Waals surface area contributed by atoms with E-state index in [2.05, 4.69) is 10.3 Å². The number of piperidine rings is 2. The summed E-state index contributed by atoms with van der Waals surface area (Å²) in [6, 6.07) is 9.03. The molecule has 2 aliphatic rings. The van der Waals surface area contributed by atoms with E-state index in [1.807, 2.05) is 6.07 Å².